The summed E-state index contributed by atoms with van der Waals surface area (Å²) >= 11 is 0. The maximum absolute atomic E-state index is 2.49. The summed E-state index contributed by atoms with van der Waals surface area (Å²) in [5.41, 5.74) is 7.26. The summed E-state index contributed by atoms with van der Waals surface area (Å²) in [6.07, 6.45) is 0. The van der Waals surface area contributed by atoms with E-state index in [1.165, 1.54) is 70.5 Å². The Hall–Kier alpha value is -5.64. The van der Waals surface area contributed by atoms with Gasteiger partial charge in [-0.3, -0.25) is 0 Å². The van der Waals surface area contributed by atoms with Crippen LogP contribution in [0.2, 0.25) is 6.55 Å². The molecule has 3 heteroatoms. The van der Waals surface area contributed by atoms with E-state index in [9.17, 15) is 0 Å². The minimum atomic E-state index is -2.27. The molecule has 2 aromatic heterocycles. The molecule has 46 heavy (non-hydrogen) atoms. The van der Waals surface area contributed by atoms with Gasteiger partial charge in [-0.2, -0.15) is 0 Å². The fourth-order valence-corrected chi connectivity index (χ4v) is 11.2. The van der Waals surface area contributed by atoms with Gasteiger partial charge in [-0.05, 0) is 64.1 Å². The van der Waals surface area contributed by atoms with Crippen LogP contribution >= 0.6 is 0 Å². The molecular weight excluding hydrogens is 573 g/mol. The molecule has 0 unspecified atom stereocenters. The van der Waals surface area contributed by atoms with Crippen molar-refractivity contribution in [2.24, 2.45) is 0 Å². The van der Waals surface area contributed by atoms with Crippen LogP contribution in [0.1, 0.15) is 0 Å². The molecule has 0 fully saturated rings. The van der Waals surface area contributed by atoms with Crippen LogP contribution < -0.4 is 15.6 Å². The van der Waals surface area contributed by atoms with Gasteiger partial charge < -0.3 is 9.13 Å². The topological polar surface area (TPSA) is 9.86 Å². The molecule has 0 radical (unpaired) electrons. The average Bonchev–Trinajstić information content (AvgIpc) is 3.65. The number of hydrogen-bond donors (Lipinski definition) is 0. The van der Waals surface area contributed by atoms with Gasteiger partial charge in [-0.1, -0.05) is 134 Å². The summed E-state index contributed by atoms with van der Waals surface area (Å²) in [5, 5.41) is 9.30. The van der Waals surface area contributed by atoms with E-state index in [4.69, 9.17) is 0 Å². The van der Waals surface area contributed by atoms with Gasteiger partial charge in [-0.15, -0.1) is 0 Å². The molecule has 7 aromatic carbocycles. The molecule has 0 aliphatic carbocycles. The van der Waals surface area contributed by atoms with Crippen LogP contribution in [0.25, 0.3) is 55.0 Å². The average molecular weight is 605 g/mol. The van der Waals surface area contributed by atoms with E-state index in [2.05, 4.69) is 192 Å². The van der Waals surface area contributed by atoms with E-state index in [-0.39, 0.29) is 0 Å². The smallest absolute Gasteiger partial charge is 0.145 e. The lowest BCUT2D eigenvalue weighted by Crippen LogP contribution is -2.64. The van der Waals surface area contributed by atoms with Crippen molar-refractivity contribution in [3.8, 4) is 11.4 Å². The van der Waals surface area contributed by atoms with Gasteiger partial charge in [0, 0.05) is 32.9 Å². The van der Waals surface area contributed by atoms with Crippen LogP contribution in [-0.4, -0.2) is 17.2 Å². The number of rotatable bonds is 5. The predicted octanol–water partition coefficient (Wildman–Crippen LogP) is 8.98. The van der Waals surface area contributed by atoms with Crippen molar-refractivity contribution in [1.82, 2.24) is 9.13 Å². The molecule has 0 saturated carbocycles. The second-order valence-corrected chi connectivity index (χ2v) is 16.3. The van der Waals surface area contributed by atoms with Crippen LogP contribution in [-0.2, 0) is 0 Å². The van der Waals surface area contributed by atoms with Crippen LogP contribution in [0.5, 0.6) is 0 Å². The normalized spacial score (nSPS) is 12.0. The Morgan fingerprint density at radius 2 is 0.739 bits per heavy atom. The number of para-hydroxylation sites is 3. The van der Waals surface area contributed by atoms with E-state index in [1.807, 2.05) is 0 Å². The molecule has 2 nitrogen and oxygen atoms in total. The van der Waals surface area contributed by atoms with Gasteiger partial charge in [0.05, 0.1) is 22.1 Å². The Morgan fingerprint density at radius 3 is 1.28 bits per heavy atom. The predicted molar refractivity (Wildman–Crippen MR) is 199 cm³/mol. The first-order chi connectivity index (χ1) is 22.7. The highest BCUT2D eigenvalue weighted by molar-refractivity contribution is 7.10. The summed E-state index contributed by atoms with van der Waals surface area (Å²) in [5.74, 6) is 0. The van der Waals surface area contributed by atoms with Crippen molar-refractivity contribution < 1.29 is 0 Å². The maximum Gasteiger partial charge on any atom is 0.145 e. The summed E-state index contributed by atoms with van der Waals surface area (Å²) in [6, 6.07) is 64.7. The molecule has 0 aliphatic heterocycles. The van der Waals surface area contributed by atoms with Gasteiger partial charge in [0.15, 0.2) is 0 Å². The first-order valence-electron chi connectivity index (χ1n) is 16.0. The largest absolute Gasteiger partial charge is 0.309 e. The standard InChI is InChI=1S/C43H32N2Si/c1-46(33-16-4-2-5-17-33,34-18-6-3-7-19-34)35-20-14-15-31(29-35)44-42-26-13-10-23-38(42)39-30-32(27-28-43(39)44)45-40-24-11-8-21-36(40)37-22-9-12-25-41(37)45/h2-30H,1H3. The Morgan fingerprint density at radius 1 is 0.326 bits per heavy atom. The lowest BCUT2D eigenvalue weighted by Gasteiger charge is -2.30. The minimum Gasteiger partial charge on any atom is -0.309 e. The zero-order chi connectivity index (χ0) is 30.7. The lowest BCUT2D eigenvalue weighted by molar-refractivity contribution is 1.17. The second kappa shape index (κ2) is 10.5. The zero-order valence-electron chi connectivity index (χ0n) is 25.6. The highest BCUT2D eigenvalue weighted by Crippen LogP contribution is 2.36. The van der Waals surface area contributed by atoms with E-state index in [0.29, 0.717) is 0 Å². The van der Waals surface area contributed by atoms with Gasteiger partial charge in [0.2, 0.25) is 0 Å². The molecule has 0 aliphatic rings. The van der Waals surface area contributed by atoms with Crippen LogP contribution in [0, 0.1) is 0 Å². The lowest BCUT2D eigenvalue weighted by atomic mass is 10.1. The minimum absolute atomic E-state index is 1.18. The molecule has 2 heterocycles. The molecule has 0 atom stereocenters. The first-order valence-corrected chi connectivity index (χ1v) is 18.5. The first kappa shape index (κ1) is 26.7. The van der Waals surface area contributed by atoms with E-state index in [0.717, 1.165) is 0 Å². The SMILES string of the molecule is C[Si](c1ccccc1)(c1ccccc1)c1cccc(-n2c3ccccc3c3cc(-n4c5ccccc5c5ccccc54)ccc32)c1. The molecule has 0 N–H and O–H groups in total. The molecular formula is C43H32N2Si. The van der Waals surface area contributed by atoms with Crippen molar-refractivity contribution in [3.05, 3.63) is 176 Å². The van der Waals surface area contributed by atoms with E-state index < -0.39 is 8.07 Å². The van der Waals surface area contributed by atoms with Crippen molar-refractivity contribution in [2.45, 2.75) is 6.55 Å². The molecule has 0 bridgehead atoms. The number of fused-ring (bicyclic) bond motifs is 6. The Balaban J connectivity index is 1.27. The monoisotopic (exact) mass is 604 g/mol. The van der Waals surface area contributed by atoms with Crippen molar-refractivity contribution in [2.75, 3.05) is 0 Å². The molecule has 0 saturated heterocycles. The quantitative estimate of drug-likeness (QED) is 0.137. The van der Waals surface area contributed by atoms with E-state index in [1.54, 1.807) is 0 Å². The Bertz CT molecular complexity index is 2450. The van der Waals surface area contributed by atoms with Crippen molar-refractivity contribution in [3.63, 3.8) is 0 Å². The molecule has 0 amide bonds. The summed E-state index contributed by atoms with van der Waals surface area (Å²) in [6.45, 7) is 2.49. The van der Waals surface area contributed by atoms with Crippen molar-refractivity contribution >= 4 is 67.2 Å². The maximum atomic E-state index is 2.49. The Kier molecular flexibility index (Phi) is 6.09. The van der Waals surface area contributed by atoms with Crippen LogP contribution in [0.4, 0.5) is 0 Å². The van der Waals surface area contributed by atoms with Crippen LogP contribution in [0.15, 0.2) is 176 Å². The summed E-state index contributed by atoms with van der Waals surface area (Å²) in [4.78, 5) is 0. The zero-order valence-corrected chi connectivity index (χ0v) is 26.6. The summed E-state index contributed by atoms with van der Waals surface area (Å²) in [7, 11) is -2.27. The number of aromatic nitrogens is 2. The van der Waals surface area contributed by atoms with Crippen LogP contribution in [0.3, 0.4) is 0 Å². The highest BCUT2D eigenvalue weighted by atomic mass is 28.3. The van der Waals surface area contributed by atoms with Gasteiger partial charge in [0.1, 0.15) is 8.07 Å². The third kappa shape index (κ3) is 3.95. The fraction of sp³-hybridized carbons (Fsp3) is 0.0233. The van der Waals surface area contributed by atoms with Gasteiger partial charge in [0.25, 0.3) is 0 Å². The third-order valence-electron chi connectivity index (χ3n) is 9.88. The van der Waals surface area contributed by atoms with Gasteiger partial charge >= 0.3 is 0 Å². The highest BCUT2D eigenvalue weighted by Gasteiger charge is 2.34. The molecule has 0 spiro atoms. The molecule has 9 aromatic rings. The van der Waals surface area contributed by atoms with Gasteiger partial charge in [-0.25, -0.2) is 0 Å². The molecule has 9 rings (SSSR count). The second-order valence-electron chi connectivity index (χ2n) is 12.3. The third-order valence-corrected chi connectivity index (χ3v) is 14.3. The fourth-order valence-electron chi connectivity index (χ4n) is 7.58. The summed E-state index contributed by atoms with van der Waals surface area (Å²) < 4.78 is 4.86. The number of benzene rings is 7. The number of hydrogen-bond acceptors (Lipinski definition) is 0. The van der Waals surface area contributed by atoms with E-state index >= 15 is 0 Å². The Labute approximate surface area is 269 Å². The van der Waals surface area contributed by atoms with Crippen molar-refractivity contribution in [1.29, 1.82) is 0 Å². The number of nitrogens with zero attached hydrogens (tertiary/aromatic N) is 2. The molecule has 218 valence electrons.